The van der Waals surface area contributed by atoms with Crippen molar-refractivity contribution >= 4 is 40.5 Å². The third-order valence-corrected chi connectivity index (χ3v) is 16.1. The maximum atomic E-state index is 13.5. The molecule has 1 aromatic carbocycles. The van der Waals surface area contributed by atoms with E-state index in [0.29, 0.717) is 53.0 Å². The number of aryl methyl sites for hydroxylation is 1. The van der Waals surface area contributed by atoms with Crippen LogP contribution in [0.4, 0.5) is 17.3 Å². The monoisotopic (exact) mass is 1000 g/mol. The highest BCUT2D eigenvalue weighted by molar-refractivity contribution is 6.31. The fraction of sp³-hybridized carbons (Fsp3) is 0.564. The SMILES string of the molecule is CCc1cnn2c(NCc3ccc(OCCCN4CCN(CC5CCN(c6ccc(C(=O)NC7C(C)(C)C(Oc8ccc(C#N)c(Cl)c8)C7(C)C)nc6)CC5)CC4)nc3)cc(N3CCCCC3CCO)nc12. The predicted molar refractivity (Wildman–Crippen MR) is 282 cm³/mol. The van der Waals surface area contributed by atoms with Gasteiger partial charge >= 0.3 is 0 Å². The van der Waals surface area contributed by atoms with Crippen molar-refractivity contribution in [1.82, 2.24) is 39.7 Å². The van der Waals surface area contributed by atoms with Crippen LogP contribution in [0.15, 0.2) is 67.1 Å². The van der Waals surface area contributed by atoms with E-state index in [1.54, 1.807) is 18.2 Å². The van der Waals surface area contributed by atoms with E-state index in [4.69, 9.17) is 26.1 Å². The van der Waals surface area contributed by atoms with Crippen LogP contribution in [0.2, 0.25) is 5.02 Å². The molecule has 4 aromatic heterocycles. The zero-order valence-corrected chi connectivity index (χ0v) is 43.6. The van der Waals surface area contributed by atoms with E-state index >= 15 is 0 Å². The van der Waals surface area contributed by atoms with Crippen molar-refractivity contribution in [2.24, 2.45) is 16.7 Å². The number of rotatable bonds is 19. The number of carbonyl (C=O) groups excluding carboxylic acids is 1. The van der Waals surface area contributed by atoms with E-state index in [-0.39, 0.29) is 35.5 Å². The average Bonchev–Trinajstić information content (AvgIpc) is 3.82. The van der Waals surface area contributed by atoms with Crippen molar-refractivity contribution in [3.05, 3.63) is 94.5 Å². The number of nitrogens with zero attached hydrogens (tertiary/aromatic N) is 10. The van der Waals surface area contributed by atoms with E-state index in [9.17, 15) is 15.2 Å². The molecule has 0 radical (unpaired) electrons. The number of benzene rings is 1. The fourth-order valence-electron chi connectivity index (χ4n) is 12.0. The Hall–Kier alpha value is -5.73. The largest absolute Gasteiger partial charge is 0.489 e. The summed E-state index contributed by atoms with van der Waals surface area (Å²) in [5.41, 5.74) is 4.20. The lowest BCUT2D eigenvalue weighted by Crippen LogP contribution is -2.74. The molecule has 4 fully saturated rings. The van der Waals surface area contributed by atoms with E-state index in [1.165, 1.54) is 6.42 Å². The number of piperidine rings is 2. The summed E-state index contributed by atoms with van der Waals surface area (Å²) in [4.78, 5) is 37.8. The minimum absolute atomic E-state index is 0.139. The quantitative estimate of drug-likeness (QED) is 0.0683. The summed E-state index contributed by atoms with van der Waals surface area (Å²) in [5, 5.41) is 30.9. The average molecular weight is 1000 g/mol. The molecule has 1 atom stereocenters. The van der Waals surface area contributed by atoms with Gasteiger partial charge in [0.2, 0.25) is 5.88 Å². The molecule has 7 heterocycles. The topological polar surface area (TPSA) is 173 Å². The zero-order valence-electron chi connectivity index (χ0n) is 42.8. The Labute approximate surface area is 430 Å². The molecule has 384 valence electrons. The lowest BCUT2D eigenvalue weighted by Gasteiger charge is -2.63. The summed E-state index contributed by atoms with van der Waals surface area (Å²) in [5.74, 6) is 3.56. The Morgan fingerprint density at radius 2 is 1.71 bits per heavy atom. The molecule has 1 aliphatic carbocycles. The van der Waals surface area contributed by atoms with Gasteiger partial charge in [-0.3, -0.25) is 4.79 Å². The number of ether oxygens (including phenoxy) is 2. The molecular weight excluding hydrogens is 928 g/mol. The standard InChI is InChI=1S/C55H73ClN12O4/c1-6-40-35-61-68-47(31-48(62-50(40)68)67-21-8-7-10-42(67)19-28-69)59-33-39-11-16-49(60-34-39)71-29-9-20-64-24-26-65(27-25-64)37-38-17-22-66(23-18-38)43-13-15-46(58-36-43)51(70)63-52-54(2,3)53(55(52,4)5)72-44-14-12-41(32-57)45(56)30-44/h11-16,30-31,34-36,38,42,52-53,59,69H,6-10,17-29,33,37H2,1-5H3,(H,63,70). The first-order valence-corrected chi connectivity index (χ1v) is 26.6. The molecule has 72 heavy (non-hydrogen) atoms. The summed E-state index contributed by atoms with van der Waals surface area (Å²) in [6.07, 6.45) is 13.7. The maximum absolute atomic E-state index is 13.5. The van der Waals surface area contributed by atoms with Crippen LogP contribution in [0.5, 0.6) is 11.6 Å². The van der Waals surface area contributed by atoms with Gasteiger partial charge in [-0.05, 0) is 87.1 Å². The second-order valence-electron chi connectivity index (χ2n) is 21.4. The van der Waals surface area contributed by atoms with Gasteiger partial charge in [0.25, 0.3) is 5.91 Å². The summed E-state index contributed by atoms with van der Waals surface area (Å²) < 4.78 is 14.4. The second kappa shape index (κ2) is 22.6. The number of hydrogen-bond donors (Lipinski definition) is 3. The van der Waals surface area contributed by atoms with Crippen LogP contribution in [0.25, 0.3) is 5.65 Å². The zero-order chi connectivity index (χ0) is 50.4. The van der Waals surface area contributed by atoms with E-state index < -0.39 is 0 Å². The summed E-state index contributed by atoms with van der Waals surface area (Å²) in [7, 11) is 0. The Morgan fingerprint density at radius 1 is 0.917 bits per heavy atom. The number of fused-ring (bicyclic) bond motifs is 1. The van der Waals surface area contributed by atoms with Gasteiger partial charge in [0, 0.05) is 125 Å². The molecule has 1 saturated carbocycles. The highest BCUT2D eigenvalue weighted by Gasteiger charge is 2.64. The summed E-state index contributed by atoms with van der Waals surface area (Å²) >= 11 is 6.27. The van der Waals surface area contributed by atoms with E-state index in [0.717, 1.165) is 138 Å². The predicted octanol–water partition coefficient (Wildman–Crippen LogP) is 7.88. The van der Waals surface area contributed by atoms with Crippen molar-refractivity contribution in [2.45, 2.75) is 111 Å². The Kier molecular flexibility index (Phi) is 16.1. The highest BCUT2D eigenvalue weighted by atomic mass is 35.5. The number of aromatic nitrogens is 5. The number of carbonyl (C=O) groups is 1. The minimum Gasteiger partial charge on any atom is -0.489 e. The van der Waals surface area contributed by atoms with Crippen LogP contribution in [-0.4, -0.2) is 136 Å². The molecule has 1 amide bonds. The minimum atomic E-state index is -0.357. The summed E-state index contributed by atoms with van der Waals surface area (Å²) in [6.45, 7) is 21.3. The van der Waals surface area contributed by atoms with Crippen LogP contribution >= 0.6 is 11.6 Å². The molecule has 1 unspecified atom stereocenters. The number of aliphatic hydroxyl groups excluding tert-OH is 1. The van der Waals surface area contributed by atoms with Gasteiger partial charge in [0.15, 0.2) is 5.65 Å². The number of pyridine rings is 2. The Bertz CT molecular complexity index is 2640. The molecule has 3 N–H and O–H groups in total. The molecule has 9 rings (SSSR count). The number of nitriles is 1. The van der Waals surface area contributed by atoms with Gasteiger partial charge in [0.1, 0.15) is 35.3 Å². The number of nitrogens with one attached hydrogen (secondary N) is 2. The maximum Gasteiger partial charge on any atom is 0.270 e. The van der Waals surface area contributed by atoms with Crippen LogP contribution in [-0.2, 0) is 13.0 Å². The Morgan fingerprint density at radius 3 is 2.40 bits per heavy atom. The van der Waals surface area contributed by atoms with Crippen LogP contribution in [0.1, 0.15) is 107 Å². The molecule has 4 aliphatic rings. The van der Waals surface area contributed by atoms with Crippen molar-refractivity contribution in [3.8, 4) is 17.7 Å². The van der Waals surface area contributed by atoms with Crippen molar-refractivity contribution in [3.63, 3.8) is 0 Å². The van der Waals surface area contributed by atoms with Gasteiger partial charge < -0.3 is 44.8 Å². The fourth-order valence-corrected chi connectivity index (χ4v) is 12.2. The number of piperazine rings is 1. The third kappa shape index (κ3) is 11.4. The van der Waals surface area contributed by atoms with Crippen LogP contribution < -0.4 is 29.9 Å². The normalized spacial score (nSPS) is 21.5. The molecule has 16 nitrogen and oxygen atoms in total. The molecule has 0 spiro atoms. The van der Waals surface area contributed by atoms with E-state index in [1.807, 2.05) is 41.3 Å². The van der Waals surface area contributed by atoms with Gasteiger partial charge in [-0.25, -0.2) is 15.0 Å². The van der Waals surface area contributed by atoms with E-state index in [2.05, 4.69) is 98.1 Å². The van der Waals surface area contributed by atoms with Crippen molar-refractivity contribution < 1.29 is 19.4 Å². The van der Waals surface area contributed by atoms with Crippen LogP contribution in [0, 0.1) is 28.1 Å². The van der Waals surface area contributed by atoms with Gasteiger partial charge in [-0.15, -0.1) is 0 Å². The molecule has 3 saturated heterocycles. The molecule has 3 aliphatic heterocycles. The van der Waals surface area contributed by atoms with Gasteiger partial charge in [0.05, 0.1) is 35.3 Å². The first-order valence-electron chi connectivity index (χ1n) is 26.2. The lowest BCUT2D eigenvalue weighted by molar-refractivity contribution is -0.164. The molecule has 0 bridgehead atoms. The molecular formula is C55H73ClN12O4. The number of halogens is 1. The highest BCUT2D eigenvalue weighted by Crippen LogP contribution is 2.55. The van der Waals surface area contributed by atoms with Gasteiger partial charge in [-0.1, -0.05) is 52.3 Å². The van der Waals surface area contributed by atoms with Crippen molar-refractivity contribution in [1.29, 1.82) is 5.26 Å². The van der Waals surface area contributed by atoms with Gasteiger partial charge in [-0.2, -0.15) is 14.9 Å². The number of hydrogen-bond acceptors (Lipinski definition) is 14. The number of amides is 1. The second-order valence-corrected chi connectivity index (χ2v) is 21.9. The number of aliphatic hydroxyl groups is 1. The lowest BCUT2D eigenvalue weighted by atomic mass is 9.49. The smallest absolute Gasteiger partial charge is 0.270 e. The molecule has 5 aromatic rings. The number of anilines is 3. The van der Waals surface area contributed by atoms with Crippen LogP contribution in [0.3, 0.4) is 0 Å². The molecule has 17 heteroatoms. The first kappa shape index (κ1) is 51.2. The third-order valence-electron chi connectivity index (χ3n) is 15.8. The first-order chi connectivity index (χ1) is 34.8. The Balaban J connectivity index is 0.658. The summed E-state index contributed by atoms with van der Waals surface area (Å²) in [6, 6.07) is 17.3. The van der Waals surface area contributed by atoms with Crippen molar-refractivity contribution in [2.75, 3.05) is 87.2 Å².